The molecule has 0 saturated carbocycles. The van der Waals surface area contributed by atoms with Gasteiger partial charge in [-0.3, -0.25) is 4.79 Å². The van der Waals surface area contributed by atoms with E-state index in [1.165, 1.54) is 6.20 Å². The van der Waals surface area contributed by atoms with E-state index in [1.54, 1.807) is 6.92 Å². The molecule has 0 saturated heterocycles. The van der Waals surface area contributed by atoms with Gasteiger partial charge in [-0.2, -0.15) is 0 Å². The molecule has 0 fully saturated rings. The van der Waals surface area contributed by atoms with Gasteiger partial charge >= 0.3 is 5.97 Å². The number of nitrogens with two attached hydrogens (primary N) is 1. The van der Waals surface area contributed by atoms with Crippen molar-refractivity contribution in [1.82, 2.24) is 5.16 Å². The van der Waals surface area contributed by atoms with Crippen LogP contribution < -0.4 is 5.73 Å². The Labute approximate surface area is 120 Å². The third-order valence-corrected chi connectivity index (χ3v) is 3.72. The lowest BCUT2D eigenvalue weighted by atomic mass is 9.99. The first kappa shape index (κ1) is 13.4. The second-order valence-corrected chi connectivity index (χ2v) is 5.02. The standard InChI is InChI=1S/C15H14N2O4/c1-8-11(7-17-21-8)15(19)20-12-6-9-4-2-3-5-10(9)13(12)14(16)18/h2-5,7,12-13H,6H2,1H3,(H2,16,18). The Balaban J connectivity index is 1.85. The van der Waals surface area contributed by atoms with Crippen molar-refractivity contribution < 1.29 is 18.8 Å². The normalized spacial score (nSPS) is 20.0. The van der Waals surface area contributed by atoms with Crippen molar-refractivity contribution in [3.63, 3.8) is 0 Å². The van der Waals surface area contributed by atoms with Gasteiger partial charge in [-0.25, -0.2) is 4.79 Å². The predicted molar refractivity (Wildman–Crippen MR) is 72.5 cm³/mol. The monoisotopic (exact) mass is 286 g/mol. The molecule has 1 aromatic carbocycles. The van der Waals surface area contributed by atoms with Gasteiger partial charge in [0.05, 0.1) is 6.20 Å². The van der Waals surface area contributed by atoms with E-state index < -0.39 is 23.9 Å². The first-order chi connectivity index (χ1) is 10.1. The SMILES string of the molecule is Cc1oncc1C(=O)OC1Cc2ccccc2C1C(N)=O. The van der Waals surface area contributed by atoms with Gasteiger partial charge in [0.25, 0.3) is 0 Å². The summed E-state index contributed by atoms with van der Waals surface area (Å²) >= 11 is 0. The minimum Gasteiger partial charge on any atom is -0.457 e. The average Bonchev–Trinajstić information content (AvgIpc) is 3.01. The van der Waals surface area contributed by atoms with Gasteiger partial charge in [0.2, 0.25) is 5.91 Å². The van der Waals surface area contributed by atoms with E-state index in [4.69, 9.17) is 15.0 Å². The quantitative estimate of drug-likeness (QED) is 0.859. The van der Waals surface area contributed by atoms with Crippen molar-refractivity contribution in [2.45, 2.75) is 25.4 Å². The highest BCUT2D eigenvalue weighted by atomic mass is 16.5. The summed E-state index contributed by atoms with van der Waals surface area (Å²) < 4.78 is 10.3. The van der Waals surface area contributed by atoms with E-state index in [2.05, 4.69) is 5.16 Å². The number of fused-ring (bicyclic) bond motifs is 1. The number of hydrogen-bond acceptors (Lipinski definition) is 5. The molecule has 1 aliphatic carbocycles. The molecule has 0 aliphatic heterocycles. The first-order valence-corrected chi connectivity index (χ1v) is 6.57. The number of amides is 1. The molecule has 1 amide bonds. The molecule has 0 spiro atoms. The number of benzene rings is 1. The molecule has 2 unspecified atom stereocenters. The van der Waals surface area contributed by atoms with Crippen LogP contribution in [0.2, 0.25) is 0 Å². The molecule has 0 radical (unpaired) electrons. The van der Waals surface area contributed by atoms with Crippen LogP contribution in [-0.4, -0.2) is 23.1 Å². The Morgan fingerprint density at radius 3 is 2.81 bits per heavy atom. The Bertz CT molecular complexity index is 707. The van der Waals surface area contributed by atoms with Crippen LogP contribution in [0.25, 0.3) is 0 Å². The van der Waals surface area contributed by atoms with Crippen LogP contribution in [0.3, 0.4) is 0 Å². The highest BCUT2D eigenvalue weighted by molar-refractivity contribution is 5.91. The number of aromatic nitrogens is 1. The lowest BCUT2D eigenvalue weighted by Gasteiger charge is -2.17. The van der Waals surface area contributed by atoms with Crippen LogP contribution in [0, 0.1) is 6.92 Å². The van der Waals surface area contributed by atoms with Crippen molar-refractivity contribution in [2.24, 2.45) is 5.73 Å². The van der Waals surface area contributed by atoms with Crippen LogP contribution in [0.4, 0.5) is 0 Å². The topological polar surface area (TPSA) is 95.4 Å². The molecule has 1 aliphatic rings. The maximum Gasteiger partial charge on any atom is 0.343 e. The van der Waals surface area contributed by atoms with Gasteiger partial charge < -0.3 is 15.0 Å². The predicted octanol–water partition coefficient (Wildman–Crippen LogP) is 1.33. The minimum atomic E-state index is -0.620. The van der Waals surface area contributed by atoms with Crippen molar-refractivity contribution >= 4 is 11.9 Å². The molecule has 2 aromatic rings. The second kappa shape index (κ2) is 5.05. The van der Waals surface area contributed by atoms with Gasteiger partial charge in [-0.05, 0) is 18.1 Å². The summed E-state index contributed by atoms with van der Waals surface area (Å²) in [5.41, 5.74) is 7.52. The number of carbonyl (C=O) groups excluding carboxylic acids is 2. The number of ether oxygens (including phenoxy) is 1. The fraction of sp³-hybridized carbons (Fsp3) is 0.267. The summed E-state index contributed by atoms with van der Waals surface area (Å²) in [7, 11) is 0. The number of hydrogen-bond donors (Lipinski definition) is 1. The second-order valence-electron chi connectivity index (χ2n) is 5.02. The summed E-state index contributed by atoms with van der Waals surface area (Å²) in [6.07, 6.45) is 1.18. The summed E-state index contributed by atoms with van der Waals surface area (Å²) in [4.78, 5) is 23.8. The van der Waals surface area contributed by atoms with Crippen molar-refractivity contribution in [3.05, 3.63) is 52.9 Å². The Hall–Kier alpha value is -2.63. The molecule has 2 atom stereocenters. The Morgan fingerprint density at radius 1 is 1.38 bits per heavy atom. The molecule has 1 heterocycles. The molecule has 21 heavy (non-hydrogen) atoms. The number of aryl methyl sites for hydroxylation is 1. The minimum absolute atomic E-state index is 0.258. The van der Waals surface area contributed by atoms with Gasteiger partial charge in [-0.15, -0.1) is 0 Å². The van der Waals surface area contributed by atoms with Gasteiger partial charge in [0, 0.05) is 6.42 Å². The van der Waals surface area contributed by atoms with E-state index in [9.17, 15) is 9.59 Å². The maximum absolute atomic E-state index is 12.1. The Kier molecular flexibility index (Phi) is 3.21. The fourth-order valence-corrected chi connectivity index (χ4v) is 2.70. The van der Waals surface area contributed by atoms with E-state index >= 15 is 0 Å². The molecule has 1 aromatic heterocycles. The van der Waals surface area contributed by atoms with Crippen molar-refractivity contribution in [2.75, 3.05) is 0 Å². The average molecular weight is 286 g/mol. The highest BCUT2D eigenvalue weighted by Gasteiger charge is 2.39. The number of nitrogens with zero attached hydrogens (tertiary/aromatic N) is 1. The summed E-state index contributed by atoms with van der Waals surface area (Å²) in [6.45, 7) is 1.62. The highest BCUT2D eigenvalue weighted by Crippen LogP contribution is 2.35. The summed E-state index contributed by atoms with van der Waals surface area (Å²) in [5.74, 6) is -1.30. The number of esters is 1. The zero-order valence-corrected chi connectivity index (χ0v) is 11.4. The lowest BCUT2D eigenvalue weighted by molar-refractivity contribution is -0.121. The maximum atomic E-state index is 12.1. The summed E-state index contributed by atoms with van der Waals surface area (Å²) in [5, 5.41) is 3.54. The third kappa shape index (κ3) is 2.29. The lowest BCUT2D eigenvalue weighted by Crippen LogP contribution is -2.32. The van der Waals surface area contributed by atoms with E-state index in [0.717, 1.165) is 11.1 Å². The number of carbonyl (C=O) groups is 2. The fourth-order valence-electron chi connectivity index (χ4n) is 2.70. The molecule has 108 valence electrons. The van der Waals surface area contributed by atoms with Crippen LogP contribution in [0.1, 0.15) is 33.2 Å². The molecule has 6 heteroatoms. The number of rotatable bonds is 3. The molecule has 6 nitrogen and oxygen atoms in total. The van der Waals surface area contributed by atoms with E-state index in [1.807, 2.05) is 24.3 Å². The van der Waals surface area contributed by atoms with Crippen LogP contribution >= 0.6 is 0 Å². The van der Waals surface area contributed by atoms with Gasteiger partial charge in [0.1, 0.15) is 23.3 Å². The van der Waals surface area contributed by atoms with Crippen molar-refractivity contribution in [1.29, 1.82) is 0 Å². The van der Waals surface area contributed by atoms with E-state index in [-0.39, 0.29) is 5.56 Å². The van der Waals surface area contributed by atoms with Gasteiger partial charge in [-0.1, -0.05) is 29.4 Å². The molecule has 3 rings (SSSR count). The first-order valence-electron chi connectivity index (χ1n) is 6.57. The largest absolute Gasteiger partial charge is 0.457 e. The Morgan fingerprint density at radius 2 is 2.14 bits per heavy atom. The molecular weight excluding hydrogens is 272 g/mol. The smallest absolute Gasteiger partial charge is 0.343 e. The zero-order valence-electron chi connectivity index (χ0n) is 11.4. The number of primary amides is 1. The van der Waals surface area contributed by atoms with E-state index in [0.29, 0.717) is 12.2 Å². The van der Waals surface area contributed by atoms with Gasteiger partial charge in [0.15, 0.2) is 0 Å². The molecule has 0 bridgehead atoms. The summed E-state index contributed by atoms with van der Waals surface area (Å²) in [6, 6.07) is 7.46. The van der Waals surface area contributed by atoms with Crippen LogP contribution in [0.15, 0.2) is 35.0 Å². The molecule has 2 N–H and O–H groups in total. The van der Waals surface area contributed by atoms with Crippen LogP contribution in [0.5, 0.6) is 0 Å². The third-order valence-electron chi connectivity index (χ3n) is 3.72. The van der Waals surface area contributed by atoms with Crippen LogP contribution in [-0.2, 0) is 16.0 Å². The molecular formula is C15H14N2O4. The zero-order chi connectivity index (χ0) is 15.0. The van der Waals surface area contributed by atoms with Crippen molar-refractivity contribution in [3.8, 4) is 0 Å².